The molecule has 8 heterocycles. The maximum atomic E-state index is 9.63. The van der Waals surface area contributed by atoms with Gasteiger partial charge in [0, 0.05) is 91.6 Å². The van der Waals surface area contributed by atoms with E-state index in [1.165, 1.54) is 11.1 Å². The lowest BCUT2D eigenvalue weighted by molar-refractivity contribution is -0.660. The lowest BCUT2D eigenvalue weighted by Gasteiger charge is -2.06. The molecule has 464 valence electrons. The average molecular weight is 1250 g/mol. The Morgan fingerprint density at radius 1 is 0.344 bits per heavy atom. The fourth-order valence-corrected chi connectivity index (χ4v) is 13.4. The average Bonchev–Trinajstić information content (AvgIpc) is 1.60. The first kappa shape index (κ1) is 62.3. The van der Waals surface area contributed by atoms with E-state index in [0.717, 1.165) is 166 Å². The van der Waals surface area contributed by atoms with Crippen LogP contribution in [-0.2, 0) is 28.2 Å². The lowest BCUT2D eigenvalue weighted by Crippen LogP contribution is -2.30. The Morgan fingerprint density at radius 2 is 0.823 bits per heavy atom. The molecule has 0 unspecified atom stereocenters. The van der Waals surface area contributed by atoms with Crippen molar-refractivity contribution in [3.63, 3.8) is 0 Å². The van der Waals surface area contributed by atoms with Gasteiger partial charge in [-0.25, -0.2) is 23.1 Å². The summed E-state index contributed by atoms with van der Waals surface area (Å²) in [5.41, 5.74) is 26.9. The van der Waals surface area contributed by atoms with E-state index in [4.69, 9.17) is 24.2 Å². The Balaban J connectivity index is 0.000000116. The van der Waals surface area contributed by atoms with Crippen LogP contribution < -0.4 is 18.3 Å². The topological polar surface area (TPSA) is 144 Å². The summed E-state index contributed by atoms with van der Waals surface area (Å²) in [6.07, 6.45) is 8.15. The van der Waals surface area contributed by atoms with Gasteiger partial charge in [-0.3, -0.25) is 0 Å². The number of hydrogen-bond donors (Lipinski definition) is 0. The van der Waals surface area contributed by atoms with Crippen molar-refractivity contribution in [2.45, 2.75) is 55.4 Å². The fraction of sp³-hybridized carbons (Fsp3) is 0.143. The van der Waals surface area contributed by atoms with Crippen molar-refractivity contribution in [3.8, 4) is 63.2 Å². The van der Waals surface area contributed by atoms with Gasteiger partial charge in [0.1, 0.15) is 67.3 Å². The maximum Gasteiger partial charge on any atom is 0.216 e. The van der Waals surface area contributed by atoms with Crippen LogP contribution in [0.4, 0.5) is 5.69 Å². The molecule has 0 radical (unpaired) electrons. The van der Waals surface area contributed by atoms with Gasteiger partial charge in [-0.2, -0.15) is 15.8 Å². The van der Waals surface area contributed by atoms with E-state index in [1.54, 1.807) is 0 Å². The summed E-state index contributed by atoms with van der Waals surface area (Å²) in [7, 11) is 8.15. The summed E-state index contributed by atoms with van der Waals surface area (Å²) in [4.78, 5) is 3.57. The second kappa shape index (κ2) is 25.2. The van der Waals surface area contributed by atoms with Gasteiger partial charge in [-0.1, -0.05) is 36.4 Å². The standard InChI is InChI=1S/4C21H17N2O/c1-13-11-17-15-8-9-18(22-3)14(2)21(15)24-20(17)12-16(13)19-7-5-6-10-23(19)4;1-13-7-6-8-16-19-15(12-22)11-14(2)18(21(19)24-20(13)16)17-9-4-5-10-23(17)3;1-13-7-8-15(12-22)20-17-10-14(2)16(11-19(17)24-21(13)20)18-6-4-5-9-23(18)3;1-13-9-17-18-10-15(12-22)8-14(2)21(18)24-20(17)11-16(13)19-6-4-5-7-23(19)3/h5-12H,1-2,4H3;3*4-11H,1-3H3/q4*+1. The predicted octanol–water partition coefficient (Wildman–Crippen LogP) is 18.9. The molecular weight excluding hydrogens is 1180 g/mol. The molecule has 12 heteroatoms. The molecular formula is C84H68N8O4+4. The van der Waals surface area contributed by atoms with Crippen LogP contribution in [0.3, 0.4) is 0 Å². The molecule has 0 aliphatic heterocycles. The second-order valence-corrected chi connectivity index (χ2v) is 24.8. The van der Waals surface area contributed by atoms with E-state index < -0.39 is 0 Å². The van der Waals surface area contributed by atoms with Gasteiger partial charge in [0.05, 0.1) is 63.7 Å². The van der Waals surface area contributed by atoms with Gasteiger partial charge in [0.25, 0.3) is 0 Å². The van der Waals surface area contributed by atoms with Crippen LogP contribution >= 0.6 is 0 Å². The summed E-state index contributed by atoms with van der Waals surface area (Å²) in [6, 6.07) is 63.7. The number of para-hydroxylation sites is 1. The first-order valence-corrected chi connectivity index (χ1v) is 31.6. The Bertz CT molecular complexity index is 6010. The number of aromatic nitrogens is 4. The number of fused-ring (bicyclic) bond motifs is 12. The zero-order valence-corrected chi connectivity index (χ0v) is 55.7. The summed E-state index contributed by atoms with van der Waals surface area (Å²) in [6.45, 7) is 23.6. The van der Waals surface area contributed by atoms with E-state index in [2.05, 4.69) is 123 Å². The van der Waals surface area contributed by atoms with Crippen LogP contribution in [0.1, 0.15) is 61.2 Å². The van der Waals surface area contributed by atoms with E-state index in [9.17, 15) is 15.8 Å². The van der Waals surface area contributed by atoms with Crippen molar-refractivity contribution in [2.75, 3.05) is 0 Å². The Kier molecular flexibility index (Phi) is 16.4. The van der Waals surface area contributed by atoms with Crippen molar-refractivity contribution < 1.29 is 35.9 Å². The molecule has 0 spiro atoms. The van der Waals surface area contributed by atoms with Crippen molar-refractivity contribution in [1.82, 2.24) is 0 Å². The largest absolute Gasteiger partial charge is 0.457 e. The number of rotatable bonds is 4. The summed E-state index contributed by atoms with van der Waals surface area (Å²) in [5.74, 6) is 0. The van der Waals surface area contributed by atoms with Crippen molar-refractivity contribution >= 4 is 93.4 Å². The highest BCUT2D eigenvalue weighted by Gasteiger charge is 2.25. The minimum Gasteiger partial charge on any atom is -0.457 e. The number of hydrogen-bond acceptors (Lipinski definition) is 7. The third kappa shape index (κ3) is 11.0. The van der Waals surface area contributed by atoms with Gasteiger partial charge in [0.15, 0.2) is 36.1 Å². The minimum atomic E-state index is 0.646. The van der Waals surface area contributed by atoms with Crippen LogP contribution in [0.15, 0.2) is 212 Å². The zero-order valence-electron chi connectivity index (χ0n) is 55.7. The molecule has 8 aromatic heterocycles. The fourth-order valence-electron chi connectivity index (χ4n) is 13.4. The van der Waals surface area contributed by atoms with Crippen LogP contribution in [0.2, 0.25) is 0 Å². The molecule has 16 rings (SSSR count). The molecule has 0 N–H and O–H groups in total. The first-order chi connectivity index (χ1) is 46.4. The van der Waals surface area contributed by atoms with Crippen LogP contribution in [0.25, 0.3) is 138 Å². The molecule has 0 aliphatic rings. The summed E-state index contributed by atoms with van der Waals surface area (Å²) in [5, 5.41) is 36.4. The quantitative estimate of drug-likeness (QED) is 0.126. The number of furan rings is 4. The SMILES string of the molecule is Cc1cc(C#N)c2c(oc3c(C)cccc32)c1-c1cccc[n+]1C.Cc1cc2c(cc1-c1cccc[n+]1C)oc1c(C)cc(C#N)cc12.Cc1cc2c(cc1-c1cccc[n+]1C)oc1c(C)ccc(C#N)c12.[C-]#[N+]c1ccc2c(oc3cc(-c4cccc[n+]4C)c(C)cc32)c1C. The van der Waals surface area contributed by atoms with Gasteiger partial charge < -0.3 is 17.7 Å². The van der Waals surface area contributed by atoms with Crippen molar-refractivity contribution in [3.05, 3.63) is 267 Å². The Labute approximate surface area is 556 Å². The predicted molar refractivity (Wildman–Crippen MR) is 380 cm³/mol. The Hall–Kier alpha value is -12.5. The van der Waals surface area contributed by atoms with Crippen LogP contribution in [0, 0.1) is 96.0 Å². The molecule has 0 atom stereocenters. The highest BCUT2D eigenvalue weighted by molar-refractivity contribution is 6.14. The van der Waals surface area contributed by atoms with Crippen molar-refractivity contribution in [2.24, 2.45) is 28.2 Å². The summed E-state index contributed by atoms with van der Waals surface area (Å²) < 4.78 is 33.1. The summed E-state index contributed by atoms with van der Waals surface area (Å²) >= 11 is 0. The van der Waals surface area contributed by atoms with Gasteiger partial charge in [-0.05, 0) is 185 Å². The number of nitrogens with zero attached hydrogens (tertiary/aromatic N) is 8. The van der Waals surface area contributed by atoms with E-state index in [1.807, 2.05) is 197 Å². The minimum absolute atomic E-state index is 0.646. The molecule has 0 bridgehead atoms. The van der Waals surface area contributed by atoms with E-state index >= 15 is 0 Å². The van der Waals surface area contributed by atoms with Crippen LogP contribution in [-0.4, -0.2) is 0 Å². The highest BCUT2D eigenvalue weighted by Crippen LogP contribution is 2.43. The molecule has 8 aromatic carbocycles. The molecule has 0 fully saturated rings. The third-order valence-corrected chi connectivity index (χ3v) is 18.4. The van der Waals surface area contributed by atoms with E-state index in [-0.39, 0.29) is 0 Å². The first-order valence-electron chi connectivity index (χ1n) is 31.6. The monoisotopic (exact) mass is 1250 g/mol. The maximum absolute atomic E-state index is 9.63. The molecule has 0 amide bonds. The van der Waals surface area contributed by atoms with Gasteiger partial charge in [0.2, 0.25) is 22.8 Å². The lowest BCUT2D eigenvalue weighted by atomic mass is 9.96. The smallest absolute Gasteiger partial charge is 0.216 e. The highest BCUT2D eigenvalue weighted by atomic mass is 16.3. The molecule has 0 saturated carbocycles. The van der Waals surface area contributed by atoms with E-state index in [0.29, 0.717) is 22.4 Å². The molecule has 12 nitrogen and oxygen atoms in total. The number of benzene rings is 8. The Morgan fingerprint density at radius 3 is 1.35 bits per heavy atom. The van der Waals surface area contributed by atoms with Gasteiger partial charge in [-0.15, -0.1) is 0 Å². The van der Waals surface area contributed by atoms with Crippen molar-refractivity contribution in [1.29, 1.82) is 15.8 Å². The normalized spacial score (nSPS) is 11.1. The zero-order chi connectivity index (χ0) is 67.4. The second-order valence-electron chi connectivity index (χ2n) is 24.8. The number of pyridine rings is 4. The van der Waals surface area contributed by atoms with Gasteiger partial charge >= 0.3 is 0 Å². The number of aryl methyl sites for hydroxylation is 12. The molecule has 0 aliphatic carbocycles. The number of nitriles is 3. The third-order valence-electron chi connectivity index (χ3n) is 18.4. The molecule has 0 saturated heterocycles. The van der Waals surface area contributed by atoms with Crippen LogP contribution in [0.5, 0.6) is 0 Å². The molecule has 16 aromatic rings. The molecule has 96 heavy (non-hydrogen) atoms.